The van der Waals surface area contributed by atoms with Gasteiger partial charge in [0.1, 0.15) is 0 Å². The molecule has 1 aromatic rings. The summed E-state index contributed by atoms with van der Waals surface area (Å²) >= 11 is 6.73. The van der Waals surface area contributed by atoms with Gasteiger partial charge in [-0.05, 0) is 92.3 Å². The number of anilines is 1. The fraction of sp³-hybridized carbons (Fsp3) is 0.560. The van der Waals surface area contributed by atoms with Crippen LogP contribution in [-0.4, -0.2) is 47.4 Å². The van der Waals surface area contributed by atoms with Crippen molar-refractivity contribution >= 4 is 51.9 Å². The van der Waals surface area contributed by atoms with Crippen molar-refractivity contribution in [3.05, 3.63) is 34.7 Å². The Labute approximate surface area is 204 Å². The van der Waals surface area contributed by atoms with Crippen LogP contribution in [0.15, 0.2) is 29.2 Å². The molecule has 33 heavy (non-hydrogen) atoms. The number of thiocarbonyl (C=S) groups is 1. The first-order chi connectivity index (χ1) is 16.0. The van der Waals surface area contributed by atoms with Gasteiger partial charge in [0.25, 0.3) is 5.91 Å². The number of carbonyl (C=O) groups is 2. The zero-order valence-corrected chi connectivity index (χ0v) is 20.3. The largest absolute Gasteiger partial charge is 0.378 e. The topological polar surface area (TPSA) is 61.9 Å². The molecule has 7 rings (SSSR count). The van der Waals surface area contributed by atoms with E-state index in [1.807, 2.05) is 18.2 Å². The predicted molar refractivity (Wildman–Crippen MR) is 133 cm³/mol. The highest BCUT2D eigenvalue weighted by Gasteiger charge is 2.55. The van der Waals surface area contributed by atoms with E-state index in [2.05, 4.69) is 22.5 Å². The monoisotopic (exact) mass is 483 g/mol. The average Bonchev–Trinajstić information content (AvgIpc) is 3.06. The molecule has 174 valence electrons. The second-order valence-electron chi connectivity index (χ2n) is 10.3. The van der Waals surface area contributed by atoms with Gasteiger partial charge in [0, 0.05) is 18.8 Å². The maximum Gasteiger partial charge on any atom is 0.285 e. The molecule has 2 aliphatic heterocycles. The molecule has 0 atom stereocenters. The summed E-state index contributed by atoms with van der Waals surface area (Å²) in [6.45, 7) is 3.28. The summed E-state index contributed by atoms with van der Waals surface area (Å²) in [5.41, 5.74) is 4.72. The van der Waals surface area contributed by atoms with Crippen LogP contribution >= 0.6 is 24.0 Å². The fourth-order valence-electron chi connectivity index (χ4n) is 6.93. The molecular formula is C25H29N3O3S2. The average molecular weight is 484 g/mol. The minimum atomic E-state index is -0.308. The van der Waals surface area contributed by atoms with Crippen molar-refractivity contribution in [1.29, 1.82) is 0 Å². The molecule has 2 heterocycles. The van der Waals surface area contributed by atoms with Gasteiger partial charge in [-0.15, -0.1) is 0 Å². The summed E-state index contributed by atoms with van der Waals surface area (Å²) in [5, 5.41) is 1.30. The number of hydrogen-bond acceptors (Lipinski definition) is 6. The first kappa shape index (κ1) is 21.6. The molecule has 8 heteroatoms. The third-order valence-corrected chi connectivity index (χ3v) is 9.40. The quantitative estimate of drug-likeness (QED) is 0.517. The second-order valence-corrected chi connectivity index (χ2v) is 12.0. The van der Waals surface area contributed by atoms with E-state index in [9.17, 15) is 9.59 Å². The summed E-state index contributed by atoms with van der Waals surface area (Å²) in [4.78, 5) is 29.3. The molecule has 6 aliphatic rings. The van der Waals surface area contributed by atoms with Crippen molar-refractivity contribution in [2.75, 3.05) is 31.2 Å². The van der Waals surface area contributed by atoms with E-state index in [4.69, 9.17) is 17.0 Å². The molecule has 2 amide bonds. The Morgan fingerprint density at radius 1 is 1.06 bits per heavy atom. The van der Waals surface area contributed by atoms with Crippen LogP contribution in [0, 0.1) is 23.2 Å². The van der Waals surface area contributed by atoms with Gasteiger partial charge in [-0.2, -0.15) is 5.01 Å². The molecule has 6 fully saturated rings. The second kappa shape index (κ2) is 8.40. The molecule has 4 aliphatic carbocycles. The summed E-state index contributed by atoms with van der Waals surface area (Å²) in [7, 11) is 0. The summed E-state index contributed by atoms with van der Waals surface area (Å²) in [6, 6.07) is 8.19. The Balaban J connectivity index is 1.14. The van der Waals surface area contributed by atoms with Crippen molar-refractivity contribution in [3.8, 4) is 0 Å². The molecule has 0 unspecified atom stereocenters. The number of ether oxygens (including phenoxy) is 1. The highest BCUT2D eigenvalue weighted by molar-refractivity contribution is 8.26. The van der Waals surface area contributed by atoms with Crippen molar-refractivity contribution in [1.82, 2.24) is 10.4 Å². The maximum atomic E-state index is 13.4. The van der Waals surface area contributed by atoms with E-state index in [1.54, 1.807) is 0 Å². The van der Waals surface area contributed by atoms with E-state index >= 15 is 0 Å². The van der Waals surface area contributed by atoms with Crippen LogP contribution < -0.4 is 10.3 Å². The Kier molecular flexibility index (Phi) is 5.50. The lowest BCUT2D eigenvalue weighted by molar-refractivity contribution is -0.152. The Bertz CT molecular complexity index is 981. The van der Waals surface area contributed by atoms with Crippen LogP contribution in [0.2, 0.25) is 0 Å². The molecule has 1 aromatic carbocycles. The lowest BCUT2D eigenvalue weighted by atomic mass is 9.49. The third kappa shape index (κ3) is 4.00. The summed E-state index contributed by atoms with van der Waals surface area (Å²) in [5.74, 6) is 1.78. The molecular weight excluding hydrogens is 454 g/mol. The molecule has 0 aromatic heterocycles. The number of hydrogen-bond donors (Lipinski definition) is 1. The van der Waals surface area contributed by atoms with Crippen LogP contribution in [0.25, 0.3) is 6.08 Å². The van der Waals surface area contributed by atoms with Gasteiger partial charge in [0.05, 0.1) is 23.5 Å². The molecule has 1 N–H and O–H groups in total. The fourth-order valence-corrected chi connectivity index (χ4v) is 8.11. The van der Waals surface area contributed by atoms with Gasteiger partial charge in [-0.25, -0.2) is 0 Å². The van der Waals surface area contributed by atoms with Crippen LogP contribution in [0.5, 0.6) is 0 Å². The lowest BCUT2D eigenvalue weighted by Crippen LogP contribution is -2.57. The molecule has 0 radical (unpaired) electrons. The van der Waals surface area contributed by atoms with Gasteiger partial charge in [0.15, 0.2) is 4.32 Å². The van der Waals surface area contributed by atoms with E-state index in [0.717, 1.165) is 56.8 Å². The van der Waals surface area contributed by atoms with Crippen molar-refractivity contribution < 1.29 is 14.3 Å². The van der Waals surface area contributed by atoms with Crippen molar-refractivity contribution in [2.24, 2.45) is 23.2 Å². The molecule has 4 bridgehead atoms. The SMILES string of the molecule is O=C1/C(=C\c2ccc(N3CCOCC3)cc2)SC(=S)N1NC(=O)C12CC3CC(CC(C3)C1)C2. The van der Waals surface area contributed by atoms with Gasteiger partial charge >= 0.3 is 0 Å². The number of thioether (sulfide) groups is 1. The number of nitrogens with zero attached hydrogens (tertiary/aromatic N) is 2. The number of amides is 2. The number of hydrazine groups is 1. The van der Waals surface area contributed by atoms with E-state index in [0.29, 0.717) is 27.0 Å². The summed E-state index contributed by atoms with van der Waals surface area (Å²) < 4.78 is 5.82. The Morgan fingerprint density at radius 2 is 1.67 bits per heavy atom. The van der Waals surface area contributed by atoms with E-state index in [1.165, 1.54) is 36.0 Å². The van der Waals surface area contributed by atoms with Crippen LogP contribution in [0.4, 0.5) is 5.69 Å². The third-order valence-electron chi connectivity index (χ3n) is 8.09. The van der Waals surface area contributed by atoms with E-state index < -0.39 is 0 Å². The van der Waals surface area contributed by atoms with Gasteiger partial charge in [-0.1, -0.05) is 23.9 Å². The molecule has 0 spiro atoms. The molecule has 4 saturated carbocycles. The first-order valence-corrected chi connectivity index (χ1v) is 13.2. The standard InChI is InChI=1S/C25H29N3O3S2/c29-22-21(12-16-1-3-20(4-2-16)27-5-7-31-8-6-27)33-24(32)28(22)26-23(30)25-13-17-9-18(14-25)11-19(10-17)15-25/h1-4,12,17-19H,5-11,13-15H2,(H,26,30)/b21-12+. The molecule has 6 nitrogen and oxygen atoms in total. The van der Waals surface area contributed by atoms with Crippen molar-refractivity contribution in [3.63, 3.8) is 0 Å². The molecule has 2 saturated heterocycles. The Morgan fingerprint density at radius 3 is 2.27 bits per heavy atom. The number of rotatable bonds is 4. The zero-order valence-electron chi connectivity index (χ0n) is 18.6. The Hall–Kier alpha value is -1.90. The minimum Gasteiger partial charge on any atom is -0.378 e. The number of nitrogens with one attached hydrogen (secondary N) is 1. The smallest absolute Gasteiger partial charge is 0.285 e. The number of carbonyl (C=O) groups excluding carboxylic acids is 2. The maximum absolute atomic E-state index is 13.4. The lowest BCUT2D eigenvalue weighted by Gasteiger charge is -2.55. The highest BCUT2D eigenvalue weighted by Crippen LogP contribution is 2.60. The van der Waals surface area contributed by atoms with Gasteiger partial charge in [-0.3, -0.25) is 15.0 Å². The minimum absolute atomic E-state index is 0.00554. The highest BCUT2D eigenvalue weighted by atomic mass is 32.2. The predicted octanol–water partition coefficient (Wildman–Crippen LogP) is 3.97. The first-order valence-electron chi connectivity index (χ1n) is 12.0. The van der Waals surface area contributed by atoms with Gasteiger partial charge < -0.3 is 9.64 Å². The number of morpholine rings is 1. The van der Waals surface area contributed by atoms with E-state index in [-0.39, 0.29) is 17.2 Å². The van der Waals surface area contributed by atoms with Crippen molar-refractivity contribution in [2.45, 2.75) is 38.5 Å². The van der Waals surface area contributed by atoms with Crippen LogP contribution in [0.3, 0.4) is 0 Å². The normalized spacial score (nSPS) is 34.4. The van der Waals surface area contributed by atoms with Crippen LogP contribution in [0.1, 0.15) is 44.1 Å². The zero-order chi connectivity index (χ0) is 22.6. The summed E-state index contributed by atoms with van der Waals surface area (Å²) in [6.07, 6.45) is 8.59. The van der Waals surface area contributed by atoms with Gasteiger partial charge in [0.2, 0.25) is 5.91 Å². The van der Waals surface area contributed by atoms with Crippen LogP contribution in [-0.2, 0) is 14.3 Å². The number of benzene rings is 1.